The Morgan fingerprint density at radius 3 is 2.10 bits per heavy atom. The Morgan fingerprint density at radius 1 is 0.871 bits per heavy atom. The fourth-order valence-corrected chi connectivity index (χ4v) is 2.93. The molecule has 0 unspecified atom stereocenters. The van der Waals surface area contributed by atoms with Gasteiger partial charge in [0.05, 0.1) is 27.2 Å². The van der Waals surface area contributed by atoms with Gasteiger partial charge in [0, 0.05) is 17.8 Å². The summed E-state index contributed by atoms with van der Waals surface area (Å²) in [5, 5.41) is 33.4. The molecule has 154 valence electrons. The van der Waals surface area contributed by atoms with Gasteiger partial charge in [-0.3, -0.25) is 25.0 Å². The predicted octanol–water partition coefficient (Wildman–Crippen LogP) is 3.80. The molecule has 11 heteroatoms. The van der Waals surface area contributed by atoms with Gasteiger partial charge in [-0.2, -0.15) is 4.80 Å². The number of carbonyl (C=O) groups excluding carboxylic acids is 1. The summed E-state index contributed by atoms with van der Waals surface area (Å²) < 4.78 is 0. The smallest absolute Gasteiger partial charge is 0.277 e. The highest BCUT2D eigenvalue weighted by molar-refractivity contribution is 6.05. The Kier molecular flexibility index (Phi) is 4.83. The maximum Gasteiger partial charge on any atom is 0.277 e. The number of non-ortho nitro benzene ring substituents is 2. The molecule has 4 rings (SSSR count). The lowest BCUT2D eigenvalue weighted by Crippen LogP contribution is -2.12. The van der Waals surface area contributed by atoms with Gasteiger partial charge in [-0.1, -0.05) is 17.7 Å². The number of amides is 1. The number of aromatic nitrogens is 3. The lowest BCUT2D eigenvalue weighted by Gasteiger charge is -2.05. The summed E-state index contributed by atoms with van der Waals surface area (Å²) in [7, 11) is 0. The van der Waals surface area contributed by atoms with Crippen LogP contribution in [0.2, 0.25) is 0 Å². The number of nitrogens with one attached hydrogen (secondary N) is 1. The number of rotatable bonds is 5. The summed E-state index contributed by atoms with van der Waals surface area (Å²) in [6, 6.07) is 15.3. The predicted molar refractivity (Wildman–Crippen MR) is 111 cm³/mol. The lowest BCUT2D eigenvalue weighted by atomic mass is 10.1. The van der Waals surface area contributed by atoms with Crippen LogP contribution in [-0.2, 0) is 0 Å². The van der Waals surface area contributed by atoms with E-state index in [1.165, 1.54) is 4.80 Å². The summed E-state index contributed by atoms with van der Waals surface area (Å²) in [5.41, 5.74) is 2.06. The number of anilines is 1. The molecule has 11 nitrogen and oxygen atoms in total. The highest BCUT2D eigenvalue weighted by Crippen LogP contribution is 2.24. The average molecular weight is 418 g/mol. The maximum absolute atomic E-state index is 12.6. The van der Waals surface area contributed by atoms with Crippen LogP contribution in [-0.4, -0.2) is 30.7 Å². The third-order valence-electron chi connectivity index (χ3n) is 4.49. The van der Waals surface area contributed by atoms with Crippen molar-refractivity contribution >= 4 is 34.0 Å². The Bertz CT molecular complexity index is 1310. The third kappa shape index (κ3) is 4.05. The average Bonchev–Trinajstić information content (AvgIpc) is 3.17. The molecule has 1 aromatic heterocycles. The van der Waals surface area contributed by atoms with E-state index in [9.17, 15) is 25.0 Å². The Balaban J connectivity index is 1.62. The second-order valence-electron chi connectivity index (χ2n) is 6.73. The molecule has 1 amide bonds. The normalized spacial score (nSPS) is 10.7. The molecule has 1 N–H and O–H groups in total. The van der Waals surface area contributed by atoms with Crippen LogP contribution in [0.5, 0.6) is 0 Å². The van der Waals surface area contributed by atoms with Crippen LogP contribution < -0.4 is 5.32 Å². The highest BCUT2D eigenvalue weighted by atomic mass is 16.6. The molecule has 0 aliphatic carbocycles. The van der Waals surface area contributed by atoms with Crippen molar-refractivity contribution in [2.75, 3.05) is 5.32 Å². The number of hydrogen-bond donors (Lipinski definition) is 1. The molecule has 0 saturated carbocycles. The number of fused-ring (bicyclic) bond motifs is 1. The molecule has 31 heavy (non-hydrogen) atoms. The maximum atomic E-state index is 12.6. The van der Waals surface area contributed by atoms with E-state index in [-0.39, 0.29) is 5.56 Å². The van der Waals surface area contributed by atoms with Crippen LogP contribution in [0.25, 0.3) is 16.7 Å². The minimum atomic E-state index is -0.792. The summed E-state index contributed by atoms with van der Waals surface area (Å²) >= 11 is 0. The number of hydrogen-bond acceptors (Lipinski definition) is 7. The van der Waals surface area contributed by atoms with Gasteiger partial charge in [0.2, 0.25) is 0 Å². The van der Waals surface area contributed by atoms with Crippen molar-refractivity contribution in [1.82, 2.24) is 15.0 Å². The quantitative estimate of drug-likeness (QED) is 0.383. The third-order valence-corrected chi connectivity index (χ3v) is 4.49. The van der Waals surface area contributed by atoms with Gasteiger partial charge < -0.3 is 5.32 Å². The summed E-state index contributed by atoms with van der Waals surface area (Å²) in [5.74, 6) is -0.725. The number of nitro groups is 2. The Labute approximate surface area is 174 Å². The molecular formula is C20H14N6O5. The van der Waals surface area contributed by atoms with Crippen molar-refractivity contribution in [2.45, 2.75) is 6.92 Å². The zero-order chi connectivity index (χ0) is 22.1. The minimum absolute atomic E-state index is 0.204. The second kappa shape index (κ2) is 7.63. The number of carbonyl (C=O) groups is 1. The first-order valence-corrected chi connectivity index (χ1v) is 8.99. The van der Waals surface area contributed by atoms with Crippen molar-refractivity contribution in [1.29, 1.82) is 0 Å². The number of aryl methyl sites for hydroxylation is 1. The first-order chi connectivity index (χ1) is 14.8. The first kappa shape index (κ1) is 19.6. The fraction of sp³-hybridized carbons (Fsp3) is 0.0500. The molecule has 0 saturated heterocycles. The molecule has 4 aromatic rings. The van der Waals surface area contributed by atoms with E-state index in [0.717, 1.165) is 29.4 Å². The van der Waals surface area contributed by atoms with Gasteiger partial charge in [0.25, 0.3) is 17.3 Å². The Hall–Kier alpha value is -4.67. The van der Waals surface area contributed by atoms with Gasteiger partial charge in [0.1, 0.15) is 11.0 Å². The SMILES string of the molecule is Cc1ccc(-n2nc3ccc(NC(=O)c4cc([N+](=O)[O-])cc([N+](=O)[O-])c4)cc3n2)cc1. The van der Waals surface area contributed by atoms with Crippen molar-refractivity contribution in [3.63, 3.8) is 0 Å². The van der Waals surface area contributed by atoms with Crippen molar-refractivity contribution in [2.24, 2.45) is 0 Å². The molecule has 0 atom stereocenters. The van der Waals surface area contributed by atoms with Crippen LogP contribution in [0.3, 0.4) is 0 Å². The van der Waals surface area contributed by atoms with E-state index in [1.54, 1.807) is 18.2 Å². The van der Waals surface area contributed by atoms with Crippen LogP contribution in [0, 0.1) is 27.2 Å². The molecule has 1 heterocycles. The minimum Gasteiger partial charge on any atom is -0.322 e. The van der Waals surface area contributed by atoms with Gasteiger partial charge in [-0.15, -0.1) is 10.2 Å². The van der Waals surface area contributed by atoms with Gasteiger partial charge in [-0.05, 0) is 37.3 Å². The molecule has 0 spiro atoms. The van der Waals surface area contributed by atoms with E-state index in [4.69, 9.17) is 0 Å². The summed E-state index contributed by atoms with van der Waals surface area (Å²) in [6.45, 7) is 1.97. The van der Waals surface area contributed by atoms with Crippen molar-refractivity contribution in [3.05, 3.63) is 92.0 Å². The molecule has 0 aliphatic rings. The largest absolute Gasteiger partial charge is 0.322 e. The molecule has 0 radical (unpaired) electrons. The van der Waals surface area contributed by atoms with E-state index in [2.05, 4.69) is 15.5 Å². The number of benzene rings is 3. The van der Waals surface area contributed by atoms with E-state index in [1.807, 2.05) is 31.2 Å². The molecule has 3 aromatic carbocycles. The van der Waals surface area contributed by atoms with Gasteiger partial charge in [0.15, 0.2) is 0 Å². The fourth-order valence-electron chi connectivity index (χ4n) is 2.93. The Morgan fingerprint density at radius 2 is 1.48 bits per heavy atom. The van der Waals surface area contributed by atoms with E-state index in [0.29, 0.717) is 16.7 Å². The summed E-state index contributed by atoms with van der Waals surface area (Å²) in [4.78, 5) is 34.5. The van der Waals surface area contributed by atoms with Crippen LogP contribution >= 0.6 is 0 Å². The van der Waals surface area contributed by atoms with Crippen molar-refractivity contribution < 1.29 is 14.6 Å². The number of nitro benzene ring substituents is 2. The van der Waals surface area contributed by atoms with E-state index >= 15 is 0 Å². The van der Waals surface area contributed by atoms with Gasteiger partial charge >= 0.3 is 0 Å². The monoisotopic (exact) mass is 418 g/mol. The summed E-state index contributed by atoms with van der Waals surface area (Å²) in [6.07, 6.45) is 0. The number of nitrogens with zero attached hydrogens (tertiary/aromatic N) is 5. The van der Waals surface area contributed by atoms with Crippen LogP contribution in [0.4, 0.5) is 17.1 Å². The molecule has 0 fully saturated rings. The van der Waals surface area contributed by atoms with Crippen LogP contribution in [0.1, 0.15) is 15.9 Å². The zero-order valence-corrected chi connectivity index (χ0v) is 16.1. The lowest BCUT2D eigenvalue weighted by molar-refractivity contribution is -0.394. The first-order valence-electron chi connectivity index (χ1n) is 8.99. The standard InChI is InChI=1S/C20H14N6O5/c1-12-2-5-15(6-3-12)24-22-18-7-4-14(10-19(18)23-24)21-20(27)13-8-16(25(28)29)11-17(9-13)26(30)31/h2-11H,1H3,(H,21,27). The molecule has 0 aliphatic heterocycles. The van der Waals surface area contributed by atoms with Crippen LogP contribution in [0.15, 0.2) is 60.7 Å². The van der Waals surface area contributed by atoms with Crippen molar-refractivity contribution in [3.8, 4) is 5.69 Å². The second-order valence-corrected chi connectivity index (χ2v) is 6.73. The van der Waals surface area contributed by atoms with Gasteiger partial charge in [-0.25, -0.2) is 0 Å². The van der Waals surface area contributed by atoms with E-state index < -0.39 is 27.1 Å². The molecular weight excluding hydrogens is 404 g/mol. The molecule has 0 bridgehead atoms. The highest BCUT2D eigenvalue weighted by Gasteiger charge is 2.20. The zero-order valence-electron chi connectivity index (χ0n) is 16.1. The topological polar surface area (TPSA) is 146 Å².